The summed E-state index contributed by atoms with van der Waals surface area (Å²) in [5.41, 5.74) is 5.12. The fraction of sp³-hybridized carbons (Fsp3) is 0.100. The Morgan fingerprint density at radius 2 is 1.61 bits per heavy atom. The van der Waals surface area contributed by atoms with Gasteiger partial charge in [0.1, 0.15) is 0 Å². The number of anilines is 2. The molecule has 1 aliphatic rings. The van der Waals surface area contributed by atoms with Crippen LogP contribution in [-0.2, 0) is 0 Å². The quantitative estimate of drug-likeness (QED) is 0.358. The molecule has 1 N–H and O–H groups in total. The van der Waals surface area contributed by atoms with Crippen LogP contribution in [0.3, 0.4) is 0 Å². The van der Waals surface area contributed by atoms with Crippen molar-refractivity contribution in [2.75, 3.05) is 5.32 Å². The molecule has 3 heteroatoms. The molecule has 1 heterocycles. The molecular weight excluding hydrogens is 413 g/mol. The van der Waals surface area contributed by atoms with E-state index < -0.39 is 0 Å². The van der Waals surface area contributed by atoms with Crippen molar-refractivity contribution >= 4 is 45.7 Å². The third-order valence-corrected chi connectivity index (χ3v) is 6.05. The van der Waals surface area contributed by atoms with Crippen LogP contribution in [0.25, 0.3) is 0 Å². The van der Waals surface area contributed by atoms with Crippen molar-refractivity contribution < 1.29 is 0 Å². The summed E-state index contributed by atoms with van der Waals surface area (Å²) in [6.45, 7) is 2.27. The van der Waals surface area contributed by atoms with E-state index in [4.69, 9.17) is 0 Å². The van der Waals surface area contributed by atoms with Gasteiger partial charge in [0.05, 0.1) is 11.4 Å². The van der Waals surface area contributed by atoms with E-state index in [1.807, 2.05) is 11.8 Å². The molecule has 1 unspecified atom stereocenters. The number of rotatable bonds is 2. The maximum atomic E-state index is 3.58. The van der Waals surface area contributed by atoms with Gasteiger partial charge in [0.25, 0.3) is 0 Å². The molecule has 4 rings (SSSR count). The van der Waals surface area contributed by atoms with E-state index >= 15 is 0 Å². The van der Waals surface area contributed by atoms with E-state index in [1.54, 1.807) is 0 Å². The van der Waals surface area contributed by atoms with Crippen molar-refractivity contribution in [3.63, 3.8) is 0 Å². The summed E-state index contributed by atoms with van der Waals surface area (Å²) >= 11 is 4.21. The van der Waals surface area contributed by atoms with Gasteiger partial charge in [-0.2, -0.15) is 0 Å². The van der Waals surface area contributed by atoms with Crippen molar-refractivity contribution in [2.45, 2.75) is 22.6 Å². The minimum atomic E-state index is 0.388. The largest absolute Gasteiger partial charge is 0.354 e. The molecule has 0 bridgehead atoms. The highest BCUT2D eigenvalue weighted by Gasteiger charge is 2.17. The summed E-state index contributed by atoms with van der Waals surface area (Å²) in [4.78, 5) is 2.58. The molecule has 3 aromatic carbocycles. The predicted octanol–water partition coefficient (Wildman–Crippen LogP) is 6.65. The molecule has 0 spiro atoms. The molecule has 0 saturated heterocycles. The van der Waals surface area contributed by atoms with Gasteiger partial charge in [-0.1, -0.05) is 49.0 Å². The van der Waals surface area contributed by atoms with E-state index in [0.717, 1.165) is 0 Å². The molecule has 114 valence electrons. The molecule has 0 saturated carbocycles. The number of halogens is 1. The molecule has 1 atom stereocenters. The number of hydrogen-bond acceptors (Lipinski definition) is 2. The van der Waals surface area contributed by atoms with Crippen molar-refractivity contribution in [2.24, 2.45) is 0 Å². The third-order valence-electron chi connectivity index (χ3n) is 4.23. The topological polar surface area (TPSA) is 12.0 Å². The van der Waals surface area contributed by atoms with Gasteiger partial charge in [-0.15, -0.1) is 0 Å². The average molecular weight is 429 g/mol. The molecule has 0 fully saturated rings. The molecule has 0 radical (unpaired) electrons. The van der Waals surface area contributed by atoms with Gasteiger partial charge in [0.15, 0.2) is 0 Å². The number of para-hydroxylation sites is 1. The zero-order valence-electron chi connectivity index (χ0n) is 12.7. The van der Waals surface area contributed by atoms with E-state index in [0.29, 0.717) is 5.92 Å². The first-order chi connectivity index (χ1) is 11.2. The zero-order chi connectivity index (χ0) is 15.8. The SMILES string of the molecule is CC(c1cccc(I)c1)c1ccc2c(c1)Nc1ccccc1S2. The van der Waals surface area contributed by atoms with Crippen LogP contribution in [0.2, 0.25) is 0 Å². The second-order valence-corrected chi connectivity index (χ2v) is 8.08. The van der Waals surface area contributed by atoms with Crippen molar-refractivity contribution in [3.8, 4) is 0 Å². The lowest BCUT2D eigenvalue weighted by Gasteiger charge is -2.22. The molecule has 23 heavy (non-hydrogen) atoms. The molecule has 1 nitrogen and oxygen atoms in total. The van der Waals surface area contributed by atoms with Gasteiger partial charge < -0.3 is 5.32 Å². The summed E-state index contributed by atoms with van der Waals surface area (Å²) < 4.78 is 1.28. The fourth-order valence-corrected chi connectivity index (χ4v) is 4.43. The van der Waals surface area contributed by atoms with Crippen LogP contribution < -0.4 is 5.32 Å². The minimum absolute atomic E-state index is 0.388. The van der Waals surface area contributed by atoms with E-state index in [9.17, 15) is 0 Å². The average Bonchev–Trinajstić information content (AvgIpc) is 2.59. The number of hydrogen-bond donors (Lipinski definition) is 1. The Bertz CT molecular complexity index is 875. The van der Waals surface area contributed by atoms with Crippen LogP contribution in [0, 0.1) is 3.57 Å². The van der Waals surface area contributed by atoms with Crippen molar-refractivity contribution in [1.29, 1.82) is 0 Å². The second kappa shape index (κ2) is 6.21. The van der Waals surface area contributed by atoms with Crippen LogP contribution in [-0.4, -0.2) is 0 Å². The molecule has 0 aliphatic carbocycles. The number of nitrogens with one attached hydrogen (secondary N) is 1. The predicted molar refractivity (Wildman–Crippen MR) is 107 cm³/mol. The van der Waals surface area contributed by atoms with Gasteiger partial charge in [0, 0.05) is 19.3 Å². The Morgan fingerprint density at radius 3 is 2.48 bits per heavy atom. The minimum Gasteiger partial charge on any atom is -0.354 e. The van der Waals surface area contributed by atoms with Crippen LogP contribution >= 0.6 is 34.4 Å². The second-order valence-electron chi connectivity index (χ2n) is 5.76. The Kier molecular flexibility index (Phi) is 4.07. The van der Waals surface area contributed by atoms with Gasteiger partial charge >= 0.3 is 0 Å². The highest BCUT2D eigenvalue weighted by atomic mass is 127. The van der Waals surface area contributed by atoms with E-state index in [-0.39, 0.29) is 0 Å². The highest BCUT2D eigenvalue weighted by molar-refractivity contribution is 14.1. The molecule has 3 aromatic rings. The Morgan fingerprint density at radius 1 is 0.826 bits per heavy atom. The number of fused-ring (bicyclic) bond motifs is 2. The lowest BCUT2D eigenvalue weighted by Crippen LogP contribution is -2.02. The van der Waals surface area contributed by atoms with E-state index in [2.05, 4.69) is 102 Å². The normalized spacial score (nSPS) is 13.7. The maximum absolute atomic E-state index is 3.58. The van der Waals surface area contributed by atoms with Crippen molar-refractivity contribution in [1.82, 2.24) is 0 Å². The van der Waals surface area contributed by atoms with Crippen LogP contribution in [0.4, 0.5) is 11.4 Å². The van der Waals surface area contributed by atoms with Crippen LogP contribution in [0.5, 0.6) is 0 Å². The smallest absolute Gasteiger partial charge is 0.0529 e. The molecule has 1 aliphatic heterocycles. The Hall–Kier alpha value is -1.46. The van der Waals surface area contributed by atoms with Gasteiger partial charge in [-0.3, -0.25) is 0 Å². The lowest BCUT2D eigenvalue weighted by molar-refractivity contribution is 0.919. The number of benzene rings is 3. The van der Waals surface area contributed by atoms with Crippen molar-refractivity contribution in [3.05, 3.63) is 81.4 Å². The summed E-state index contributed by atoms with van der Waals surface area (Å²) in [6, 6.07) is 24.0. The first kappa shape index (κ1) is 15.1. The standard InChI is InChI=1S/C20H16INS/c1-13(14-5-4-6-16(21)11-14)15-9-10-20-18(12-15)22-17-7-2-3-8-19(17)23-20/h2-13,22H,1H3. The first-order valence-corrected chi connectivity index (χ1v) is 9.53. The summed E-state index contributed by atoms with van der Waals surface area (Å²) in [5, 5.41) is 3.58. The molecule has 0 aromatic heterocycles. The Labute approximate surface area is 154 Å². The van der Waals surface area contributed by atoms with Gasteiger partial charge in [0.2, 0.25) is 0 Å². The highest BCUT2D eigenvalue weighted by Crippen LogP contribution is 2.45. The summed E-state index contributed by atoms with van der Waals surface area (Å²) in [7, 11) is 0. The first-order valence-electron chi connectivity index (χ1n) is 7.64. The summed E-state index contributed by atoms with van der Waals surface area (Å²) in [5.74, 6) is 0.388. The molecular formula is C20H16INS. The fourth-order valence-electron chi connectivity index (χ4n) is 2.89. The lowest BCUT2D eigenvalue weighted by atomic mass is 9.93. The third kappa shape index (κ3) is 3.00. The monoisotopic (exact) mass is 429 g/mol. The zero-order valence-corrected chi connectivity index (χ0v) is 15.7. The van der Waals surface area contributed by atoms with Crippen LogP contribution in [0.15, 0.2) is 76.5 Å². The Balaban J connectivity index is 1.68. The van der Waals surface area contributed by atoms with Crippen LogP contribution in [0.1, 0.15) is 24.0 Å². The summed E-state index contributed by atoms with van der Waals surface area (Å²) in [6.07, 6.45) is 0. The molecule has 0 amide bonds. The van der Waals surface area contributed by atoms with E-state index in [1.165, 1.54) is 35.9 Å². The van der Waals surface area contributed by atoms with Gasteiger partial charge in [-0.05, 0) is 70.1 Å². The maximum Gasteiger partial charge on any atom is 0.0529 e. The van der Waals surface area contributed by atoms with Gasteiger partial charge in [-0.25, -0.2) is 0 Å².